The summed E-state index contributed by atoms with van der Waals surface area (Å²) in [6, 6.07) is 23.5. The number of methoxy groups -OCH3 is 1. The van der Waals surface area contributed by atoms with Gasteiger partial charge in [0.15, 0.2) is 0 Å². The van der Waals surface area contributed by atoms with Crippen LogP contribution in [0.3, 0.4) is 0 Å². The molecule has 0 fully saturated rings. The fourth-order valence-electron chi connectivity index (χ4n) is 4.66. The van der Waals surface area contributed by atoms with Crippen LogP contribution in [0.15, 0.2) is 72.8 Å². The molecule has 6 nitrogen and oxygen atoms in total. The molecule has 6 heteroatoms. The van der Waals surface area contributed by atoms with E-state index in [1.807, 2.05) is 59.5 Å². The van der Waals surface area contributed by atoms with Crippen molar-refractivity contribution in [2.75, 3.05) is 32.1 Å². The largest absolute Gasteiger partial charge is 0.383 e. The van der Waals surface area contributed by atoms with Gasteiger partial charge < -0.3 is 19.9 Å². The van der Waals surface area contributed by atoms with Crippen molar-refractivity contribution >= 4 is 17.5 Å². The van der Waals surface area contributed by atoms with Crippen molar-refractivity contribution in [3.05, 3.63) is 101 Å². The lowest BCUT2D eigenvalue weighted by molar-refractivity contribution is 0.0674. The predicted octanol–water partition coefficient (Wildman–Crippen LogP) is 4.10. The van der Waals surface area contributed by atoms with Gasteiger partial charge in [-0.05, 0) is 47.9 Å². The zero-order valence-electron chi connectivity index (χ0n) is 18.7. The fraction of sp³-hybridized carbons (Fsp3) is 0.259. The highest BCUT2D eigenvalue weighted by Gasteiger charge is 2.36. The third-order valence-corrected chi connectivity index (χ3v) is 6.45. The maximum absolute atomic E-state index is 13.1. The van der Waals surface area contributed by atoms with Crippen LogP contribution in [0.2, 0.25) is 0 Å². The van der Waals surface area contributed by atoms with E-state index in [1.165, 1.54) is 11.1 Å². The first kappa shape index (κ1) is 21.2. The molecule has 1 atom stereocenters. The van der Waals surface area contributed by atoms with Crippen LogP contribution < -0.4 is 5.32 Å². The number of carbonyl (C=O) groups is 2. The van der Waals surface area contributed by atoms with E-state index in [2.05, 4.69) is 23.5 Å². The maximum atomic E-state index is 13.1. The normalized spacial score (nSPS) is 17.0. The van der Waals surface area contributed by atoms with Crippen molar-refractivity contribution in [1.82, 2.24) is 9.80 Å². The van der Waals surface area contributed by atoms with Gasteiger partial charge in [0.1, 0.15) is 6.17 Å². The van der Waals surface area contributed by atoms with Crippen molar-refractivity contribution < 1.29 is 14.3 Å². The summed E-state index contributed by atoms with van der Waals surface area (Å²) in [6.07, 6.45) is 0.609. The second kappa shape index (κ2) is 9.08. The number of hydrogen-bond acceptors (Lipinski definition) is 4. The van der Waals surface area contributed by atoms with E-state index in [4.69, 9.17) is 4.74 Å². The Hall–Kier alpha value is -3.64. The molecule has 33 heavy (non-hydrogen) atoms. The highest BCUT2D eigenvalue weighted by molar-refractivity contribution is 5.99. The zero-order valence-corrected chi connectivity index (χ0v) is 18.7. The molecular weight excluding hydrogens is 414 g/mol. The van der Waals surface area contributed by atoms with Crippen LogP contribution in [-0.4, -0.2) is 48.4 Å². The van der Waals surface area contributed by atoms with Crippen LogP contribution in [0.1, 0.15) is 43.6 Å². The highest BCUT2D eigenvalue weighted by atomic mass is 16.5. The molecule has 0 saturated carbocycles. The van der Waals surface area contributed by atoms with E-state index in [9.17, 15) is 9.59 Å². The van der Waals surface area contributed by atoms with Crippen LogP contribution >= 0.6 is 0 Å². The predicted molar refractivity (Wildman–Crippen MR) is 127 cm³/mol. The minimum absolute atomic E-state index is 0.00247. The average Bonchev–Trinajstić information content (AvgIpc) is 3.13. The van der Waals surface area contributed by atoms with E-state index in [0.717, 1.165) is 24.2 Å². The van der Waals surface area contributed by atoms with Crippen LogP contribution in [-0.2, 0) is 17.7 Å². The standard InChI is InChI=1S/C27H27N3O3/c1-33-17-16-30-25(23-8-4-5-9-24(23)27(30)32)28-22-12-10-20(11-13-22)26(31)29-15-14-19-6-2-3-7-21(19)18-29/h2-13,25,28H,14-18H2,1H3. The molecule has 0 aliphatic carbocycles. The third kappa shape index (κ3) is 4.10. The van der Waals surface area contributed by atoms with Gasteiger partial charge in [-0.25, -0.2) is 0 Å². The summed E-state index contributed by atoms with van der Waals surface area (Å²) in [5.74, 6) is 0.0384. The lowest BCUT2D eigenvalue weighted by Crippen LogP contribution is -2.36. The molecule has 0 saturated heterocycles. The van der Waals surface area contributed by atoms with Gasteiger partial charge in [0.25, 0.3) is 11.8 Å². The number of rotatable bonds is 6. The molecule has 3 aromatic rings. The zero-order chi connectivity index (χ0) is 22.8. The van der Waals surface area contributed by atoms with Gasteiger partial charge in [-0.1, -0.05) is 42.5 Å². The molecule has 3 aromatic carbocycles. The number of nitrogens with zero attached hydrogens (tertiary/aromatic N) is 2. The smallest absolute Gasteiger partial charge is 0.256 e. The number of carbonyl (C=O) groups excluding carboxylic acids is 2. The van der Waals surface area contributed by atoms with Crippen LogP contribution in [0.25, 0.3) is 0 Å². The summed E-state index contributed by atoms with van der Waals surface area (Å²) < 4.78 is 5.21. The number of nitrogens with one attached hydrogen (secondary N) is 1. The van der Waals surface area contributed by atoms with Gasteiger partial charge in [-0.15, -0.1) is 0 Å². The molecule has 0 aromatic heterocycles. The van der Waals surface area contributed by atoms with Crippen LogP contribution in [0.5, 0.6) is 0 Å². The van der Waals surface area contributed by atoms with E-state index in [-0.39, 0.29) is 18.0 Å². The second-order valence-corrected chi connectivity index (χ2v) is 8.45. The van der Waals surface area contributed by atoms with Gasteiger partial charge >= 0.3 is 0 Å². The SMILES string of the molecule is COCCN1C(=O)c2ccccc2C1Nc1ccc(C(=O)N2CCc3ccccc3C2)cc1. The Morgan fingerprint density at radius 2 is 1.73 bits per heavy atom. The van der Waals surface area contributed by atoms with Gasteiger partial charge in [-0.3, -0.25) is 9.59 Å². The maximum Gasteiger partial charge on any atom is 0.256 e. The Morgan fingerprint density at radius 3 is 2.52 bits per heavy atom. The molecule has 168 valence electrons. The third-order valence-electron chi connectivity index (χ3n) is 6.45. The van der Waals surface area contributed by atoms with Crippen LogP contribution in [0, 0.1) is 0 Å². The van der Waals surface area contributed by atoms with Gasteiger partial charge in [0.05, 0.1) is 6.61 Å². The molecule has 0 bridgehead atoms. The van der Waals surface area contributed by atoms with Crippen molar-refractivity contribution in [2.45, 2.75) is 19.1 Å². The first-order valence-corrected chi connectivity index (χ1v) is 11.3. The fourth-order valence-corrected chi connectivity index (χ4v) is 4.66. The monoisotopic (exact) mass is 441 g/mol. The first-order valence-electron chi connectivity index (χ1n) is 11.3. The van der Waals surface area contributed by atoms with Gasteiger partial charge in [-0.2, -0.15) is 0 Å². The van der Waals surface area contributed by atoms with Crippen molar-refractivity contribution in [3.63, 3.8) is 0 Å². The van der Waals surface area contributed by atoms with Crippen molar-refractivity contribution in [2.24, 2.45) is 0 Å². The van der Waals surface area contributed by atoms with Gasteiger partial charge in [0.2, 0.25) is 0 Å². The Kier molecular flexibility index (Phi) is 5.84. The second-order valence-electron chi connectivity index (χ2n) is 8.45. The first-order chi connectivity index (χ1) is 16.2. The summed E-state index contributed by atoms with van der Waals surface area (Å²) >= 11 is 0. The highest BCUT2D eigenvalue weighted by Crippen LogP contribution is 2.34. The summed E-state index contributed by atoms with van der Waals surface area (Å²) in [5, 5.41) is 3.47. The van der Waals surface area contributed by atoms with E-state index in [1.54, 1.807) is 12.0 Å². The Morgan fingerprint density at radius 1 is 1.00 bits per heavy atom. The summed E-state index contributed by atoms with van der Waals surface area (Å²) in [6.45, 7) is 2.33. The molecule has 2 heterocycles. The molecule has 0 spiro atoms. The number of amides is 2. The molecule has 1 unspecified atom stereocenters. The molecule has 0 radical (unpaired) electrons. The Bertz CT molecular complexity index is 1180. The Balaban J connectivity index is 1.31. The number of hydrogen-bond donors (Lipinski definition) is 1. The Labute approximate surface area is 193 Å². The average molecular weight is 442 g/mol. The topological polar surface area (TPSA) is 61.9 Å². The minimum atomic E-state index is -0.274. The number of benzene rings is 3. The van der Waals surface area contributed by atoms with E-state index < -0.39 is 0 Å². The number of ether oxygens (including phenoxy) is 1. The molecule has 2 aliphatic rings. The van der Waals surface area contributed by atoms with Gasteiger partial charge in [0, 0.05) is 49.1 Å². The molecule has 1 N–H and O–H groups in total. The number of fused-ring (bicyclic) bond motifs is 2. The quantitative estimate of drug-likeness (QED) is 0.626. The minimum Gasteiger partial charge on any atom is -0.383 e. The molecule has 2 aliphatic heterocycles. The van der Waals surface area contributed by atoms with Crippen molar-refractivity contribution in [1.29, 1.82) is 0 Å². The molecule has 5 rings (SSSR count). The van der Waals surface area contributed by atoms with Crippen molar-refractivity contribution in [3.8, 4) is 0 Å². The summed E-state index contributed by atoms with van der Waals surface area (Å²) in [7, 11) is 1.63. The molecular formula is C27H27N3O3. The van der Waals surface area contributed by atoms with E-state index in [0.29, 0.717) is 30.8 Å². The van der Waals surface area contributed by atoms with E-state index >= 15 is 0 Å². The lowest BCUT2D eigenvalue weighted by atomic mass is 9.99. The van der Waals surface area contributed by atoms with Crippen LogP contribution in [0.4, 0.5) is 5.69 Å². The lowest BCUT2D eigenvalue weighted by Gasteiger charge is -2.29. The summed E-state index contributed by atoms with van der Waals surface area (Å²) in [4.78, 5) is 29.7. The number of anilines is 1. The summed E-state index contributed by atoms with van der Waals surface area (Å²) in [5.41, 5.74) is 5.72. The molecule has 2 amide bonds.